The van der Waals surface area contributed by atoms with E-state index >= 15 is 0 Å². The Morgan fingerprint density at radius 2 is 2.28 bits per heavy atom. The van der Waals surface area contributed by atoms with Gasteiger partial charge in [0, 0.05) is 20.7 Å². The minimum absolute atomic E-state index is 0.136. The zero-order valence-electron chi connectivity index (χ0n) is 11.1. The van der Waals surface area contributed by atoms with Gasteiger partial charge < -0.3 is 15.4 Å². The first kappa shape index (κ1) is 13.0. The number of aromatic nitrogens is 2. The van der Waals surface area contributed by atoms with Crippen LogP contribution in [0.3, 0.4) is 0 Å². The van der Waals surface area contributed by atoms with Crippen LogP contribution in [0.5, 0.6) is 0 Å². The number of rotatable bonds is 4. The van der Waals surface area contributed by atoms with Crippen molar-refractivity contribution < 1.29 is 4.74 Å². The number of likely N-dealkylation sites (N-methyl/N-ethyl adjacent to an activating group) is 1. The number of nitrogens with zero attached hydrogens (tertiary/aromatic N) is 3. The first-order valence-corrected chi connectivity index (χ1v) is 6.60. The number of nitrogens with two attached hydrogens (primary N) is 1. The van der Waals surface area contributed by atoms with Gasteiger partial charge in [-0.1, -0.05) is 11.3 Å². The molecule has 0 radical (unpaired) electrons. The molecular weight excluding hydrogens is 248 g/mol. The Kier molecular flexibility index (Phi) is 3.68. The molecule has 0 fully saturated rings. The third kappa shape index (κ3) is 2.39. The van der Waals surface area contributed by atoms with Gasteiger partial charge in [0.1, 0.15) is 10.3 Å². The summed E-state index contributed by atoms with van der Waals surface area (Å²) in [6.07, 6.45) is 1.83. The standard InChI is InChI=1S/C12H18N4OS/c1-7(17-4)6-16(3)11-9(13)5-14-12-10(11)15-8(2)18-12/h5,7H,6,13H2,1-4H3. The number of methoxy groups -OCH3 is 1. The van der Waals surface area contributed by atoms with Gasteiger partial charge in [0.25, 0.3) is 0 Å². The van der Waals surface area contributed by atoms with E-state index in [0.29, 0.717) is 5.69 Å². The fourth-order valence-corrected chi connectivity index (χ4v) is 2.70. The number of pyridine rings is 1. The lowest BCUT2D eigenvalue weighted by Gasteiger charge is -2.24. The Hall–Kier alpha value is -1.40. The number of hydrogen-bond acceptors (Lipinski definition) is 6. The van der Waals surface area contributed by atoms with Gasteiger partial charge in [-0.3, -0.25) is 0 Å². The molecule has 0 aliphatic heterocycles. The van der Waals surface area contributed by atoms with Gasteiger partial charge in [0.2, 0.25) is 0 Å². The van der Waals surface area contributed by atoms with Gasteiger partial charge in [-0.15, -0.1) is 0 Å². The first-order chi connectivity index (χ1) is 8.52. The number of fused-ring (bicyclic) bond motifs is 1. The lowest BCUT2D eigenvalue weighted by atomic mass is 10.2. The van der Waals surface area contributed by atoms with E-state index in [-0.39, 0.29) is 6.10 Å². The quantitative estimate of drug-likeness (QED) is 0.917. The molecule has 0 amide bonds. The van der Waals surface area contributed by atoms with E-state index in [1.807, 2.05) is 20.9 Å². The monoisotopic (exact) mass is 266 g/mol. The van der Waals surface area contributed by atoms with Crippen molar-refractivity contribution in [2.24, 2.45) is 0 Å². The van der Waals surface area contributed by atoms with Crippen LogP contribution in [0.2, 0.25) is 0 Å². The predicted molar refractivity (Wildman–Crippen MR) is 76.3 cm³/mol. The zero-order chi connectivity index (χ0) is 13.3. The minimum atomic E-state index is 0.136. The van der Waals surface area contributed by atoms with Gasteiger partial charge in [0.15, 0.2) is 0 Å². The number of anilines is 2. The molecule has 2 rings (SSSR count). The normalized spacial score (nSPS) is 12.9. The third-order valence-electron chi connectivity index (χ3n) is 2.85. The van der Waals surface area contributed by atoms with E-state index in [1.165, 1.54) is 0 Å². The molecule has 1 atom stereocenters. The van der Waals surface area contributed by atoms with E-state index in [9.17, 15) is 0 Å². The smallest absolute Gasteiger partial charge is 0.145 e. The Bertz CT molecular complexity index is 554. The summed E-state index contributed by atoms with van der Waals surface area (Å²) in [5.74, 6) is 0. The highest BCUT2D eigenvalue weighted by Crippen LogP contribution is 2.33. The fourth-order valence-electron chi connectivity index (χ4n) is 1.94. The molecule has 98 valence electrons. The maximum Gasteiger partial charge on any atom is 0.145 e. The van der Waals surface area contributed by atoms with Crippen LogP contribution in [0, 0.1) is 6.92 Å². The minimum Gasteiger partial charge on any atom is -0.396 e. The summed E-state index contributed by atoms with van der Waals surface area (Å²) in [5.41, 5.74) is 8.50. The number of aryl methyl sites for hydroxylation is 1. The predicted octanol–water partition coefficient (Wildman–Crippen LogP) is 2.05. The molecule has 0 saturated heterocycles. The van der Waals surface area contributed by atoms with Crippen molar-refractivity contribution in [2.45, 2.75) is 20.0 Å². The lowest BCUT2D eigenvalue weighted by molar-refractivity contribution is 0.124. The van der Waals surface area contributed by atoms with E-state index in [0.717, 1.165) is 27.6 Å². The third-order valence-corrected chi connectivity index (χ3v) is 3.73. The van der Waals surface area contributed by atoms with Gasteiger partial charge in [-0.25, -0.2) is 9.97 Å². The zero-order valence-corrected chi connectivity index (χ0v) is 11.9. The molecule has 5 nitrogen and oxygen atoms in total. The molecule has 18 heavy (non-hydrogen) atoms. The van der Waals surface area contributed by atoms with Crippen molar-refractivity contribution in [3.8, 4) is 0 Å². The van der Waals surface area contributed by atoms with E-state index in [4.69, 9.17) is 10.5 Å². The van der Waals surface area contributed by atoms with Crippen LogP contribution in [0.1, 0.15) is 11.9 Å². The molecule has 2 aromatic rings. The molecule has 0 bridgehead atoms. The van der Waals surface area contributed by atoms with Gasteiger partial charge >= 0.3 is 0 Å². The van der Waals surface area contributed by atoms with Crippen LogP contribution in [-0.2, 0) is 4.74 Å². The van der Waals surface area contributed by atoms with Crippen molar-refractivity contribution in [3.05, 3.63) is 11.2 Å². The van der Waals surface area contributed by atoms with Gasteiger partial charge in [-0.05, 0) is 13.8 Å². The summed E-state index contributed by atoms with van der Waals surface area (Å²) in [5, 5.41) is 0.998. The Morgan fingerprint density at radius 1 is 1.56 bits per heavy atom. The highest BCUT2D eigenvalue weighted by atomic mass is 32.1. The molecule has 0 spiro atoms. The summed E-state index contributed by atoms with van der Waals surface area (Å²) in [6, 6.07) is 0. The molecular formula is C12H18N4OS. The van der Waals surface area contributed by atoms with Gasteiger partial charge in [0.05, 0.1) is 28.7 Å². The molecule has 2 heterocycles. The highest BCUT2D eigenvalue weighted by molar-refractivity contribution is 7.18. The van der Waals surface area contributed by atoms with Crippen molar-refractivity contribution in [1.82, 2.24) is 9.97 Å². The Balaban J connectivity index is 2.44. The number of nitrogen functional groups attached to an aromatic ring is 1. The molecule has 6 heteroatoms. The summed E-state index contributed by atoms with van der Waals surface area (Å²) < 4.78 is 5.28. The highest BCUT2D eigenvalue weighted by Gasteiger charge is 2.16. The first-order valence-electron chi connectivity index (χ1n) is 5.78. The van der Waals surface area contributed by atoms with Crippen LogP contribution in [-0.4, -0.2) is 36.8 Å². The molecule has 0 aromatic carbocycles. The molecule has 0 saturated carbocycles. The van der Waals surface area contributed by atoms with Crippen molar-refractivity contribution >= 4 is 33.1 Å². The summed E-state index contributed by atoms with van der Waals surface area (Å²) in [6.45, 7) is 4.76. The number of thiazole rings is 1. The fraction of sp³-hybridized carbons (Fsp3) is 0.500. The SMILES string of the molecule is COC(C)CN(C)c1c(N)cnc2sc(C)nc12. The maximum absolute atomic E-state index is 6.03. The summed E-state index contributed by atoms with van der Waals surface area (Å²) >= 11 is 1.58. The Labute approximate surface area is 111 Å². The maximum atomic E-state index is 6.03. The van der Waals surface area contributed by atoms with Crippen LogP contribution >= 0.6 is 11.3 Å². The molecule has 0 aliphatic carbocycles. The van der Waals surface area contributed by atoms with E-state index in [2.05, 4.69) is 14.9 Å². The summed E-state index contributed by atoms with van der Waals surface area (Å²) in [7, 11) is 3.70. The second kappa shape index (κ2) is 5.07. The van der Waals surface area contributed by atoms with Crippen molar-refractivity contribution in [2.75, 3.05) is 31.3 Å². The van der Waals surface area contributed by atoms with Crippen LogP contribution < -0.4 is 10.6 Å². The van der Waals surface area contributed by atoms with E-state index in [1.54, 1.807) is 24.6 Å². The lowest BCUT2D eigenvalue weighted by Crippen LogP contribution is -2.29. The van der Waals surface area contributed by atoms with E-state index < -0.39 is 0 Å². The molecule has 2 aromatic heterocycles. The molecule has 1 unspecified atom stereocenters. The van der Waals surface area contributed by atoms with Crippen LogP contribution in [0.15, 0.2) is 6.20 Å². The van der Waals surface area contributed by atoms with Crippen molar-refractivity contribution in [3.63, 3.8) is 0 Å². The average molecular weight is 266 g/mol. The Morgan fingerprint density at radius 3 is 2.94 bits per heavy atom. The average Bonchev–Trinajstić information content (AvgIpc) is 2.68. The number of ether oxygens (including phenoxy) is 1. The molecule has 2 N–H and O–H groups in total. The largest absolute Gasteiger partial charge is 0.396 e. The van der Waals surface area contributed by atoms with Crippen LogP contribution in [0.25, 0.3) is 10.3 Å². The molecule has 0 aliphatic rings. The summed E-state index contributed by atoms with van der Waals surface area (Å²) in [4.78, 5) is 11.8. The second-order valence-electron chi connectivity index (χ2n) is 4.38. The second-order valence-corrected chi connectivity index (χ2v) is 5.56. The van der Waals surface area contributed by atoms with Crippen LogP contribution in [0.4, 0.5) is 11.4 Å². The van der Waals surface area contributed by atoms with Crippen molar-refractivity contribution in [1.29, 1.82) is 0 Å². The topological polar surface area (TPSA) is 64.3 Å². The van der Waals surface area contributed by atoms with Gasteiger partial charge in [-0.2, -0.15) is 0 Å². The number of hydrogen-bond donors (Lipinski definition) is 1.